The maximum absolute atomic E-state index is 10.9. The number of fused-ring (bicyclic) bond motifs is 1. The van der Waals surface area contributed by atoms with Gasteiger partial charge in [-0.1, -0.05) is 0 Å². The minimum absolute atomic E-state index is 0.213. The number of nitrogens with one attached hydrogen (secondary N) is 1. The van der Waals surface area contributed by atoms with E-state index in [2.05, 4.69) is 20.3 Å². The number of anilines is 1. The van der Waals surface area contributed by atoms with E-state index in [0.29, 0.717) is 17.0 Å². The fourth-order valence-corrected chi connectivity index (χ4v) is 2.90. The van der Waals surface area contributed by atoms with Crippen LogP contribution in [0.4, 0.5) is 5.82 Å². The van der Waals surface area contributed by atoms with Crippen LogP contribution in [0.1, 0.15) is 12.6 Å². The van der Waals surface area contributed by atoms with Crippen molar-refractivity contribution in [2.45, 2.75) is 24.9 Å². The lowest BCUT2D eigenvalue weighted by Crippen LogP contribution is -2.19. The fourth-order valence-electron chi connectivity index (χ4n) is 2.48. The first-order chi connectivity index (χ1) is 10.9. The highest BCUT2D eigenvalue weighted by molar-refractivity contribution is 7.55. The SMILES string of the molecule is CNc1ncnc2c1ncn2C1OC(/C=C/P(=O)(O)O)CC1O. The Hall–Kier alpha value is -1.84. The van der Waals surface area contributed by atoms with Crippen LogP contribution >= 0.6 is 7.60 Å². The number of imidazole rings is 1. The Labute approximate surface area is 131 Å². The van der Waals surface area contributed by atoms with Gasteiger partial charge in [-0.15, -0.1) is 0 Å². The molecule has 2 aromatic heterocycles. The van der Waals surface area contributed by atoms with Gasteiger partial charge >= 0.3 is 7.60 Å². The zero-order valence-corrected chi connectivity index (χ0v) is 13.0. The van der Waals surface area contributed by atoms with E-state index < -0.39 is 26.0 Å². The normalized spacial score (nSPS) is 25.5. The molecule has 0 aromatic carbocycles. The van der Waals surface area contributed by atoms with Gasteiger partial charge in [0.1, 0.15) is 17.9 Å². The number of aliphatic hydroxyl groups excluding tert-OH is 1. The second-order valence-corrected chi connectivity index (χ2v) is 6.57. The van der Waals surface area contributed by atoms with Gasteiger partial charge in [-0.25, -0.2) is 15.0 Å². The van der Waals surface area contributed by atoms with Crippen LogP contribution in [0.2, 0.25) is 0 Å². The molecule has 1 saturated heterocycles. The molecular formula is C12H16N5O5P. The summed E-state index contributed by atoms with van der Waals surface area (Å²) in [5.41, 5.74) is 1.04. The first kappa shape index (κ1) is 16.0. The minimum Gasteiger partial charge on any atom is -0.388 e. The van der Waals surface area contributed by atoms with E-state index in [1.54, 1.807) is 11.6 Å². The van der Waals surface area contributed by atoms with Crippen LogP contribution in [-0.2, 0) is 9.30 Å². The predicted octanol–water partition coefficient (Wildman–Crippen LogP) is 0.208. The van der Waals surface area contributed by atoms with Gasteiger partial charge in [0.2, 0.25) is 0 Å². The van der Waals surface area contributed by atoms with E-state index in [0.717, 1.165) is 5.82 Å². The van der Waals surface area contributed by atoms with Crippen LogP contribution < -0.4 is 5.32 Å². The number of rotatable bonds is 4. The van der Waals surface area contributed by atoms with Crippen molar-refractivity contribution in [3.05, 3.63) is 24.5 Å². The summed E-state index contributed by atoms with van der Waals surface area (Å²) in [6.45, 7) is 0. The molecule has 1 aliphatic heterocycles. The van der Waals surface area contributed by atoms with Gasteiger partial charge in [-0.05, 0) is 6.08 Å². The molecule has 11 heteroatoms. The number of aromatic nitrogens is 4. The van der Waals surface area contributed by atoms with E-state index in [1.807, 2.05) is 0 Å². The molecule has 3 rings (SSSR count). The summed E-state index contributed by atoms with van der Waals surface area (Å²) in [5.74, 6) is 1.33. The van der Waals surface area contributed by atoms with Gasteiger partial charge < -0.3 is 24.9 Å². The summed E-state index contributed by atoms with van der Waals surface area (Å²) < 4.78 is 18.1. The van der Waals surface area contributed by atoms with Crippen molar-refractivity contribution in [1.29, 1.82) is 0 Å². The maximum Gasteiger partial charge on any atom is 0.348 e. The Morgan fingerprint density at radius 2 is 2.22 bits per heavy atom. The topological polar surface area (TPSA) is 143 Å². The molecule has 3 atom stereocenters. The molecule has 3 heterocycles. The first-order valence-corrected chi connectivity index (χ1v) is 8.50. The summed E-state index contributed by atoms with van der Waals surface area (Å²) in [4.78, 5) is 30.2. The lowest BCUT2D eigenvalue weighted by Gasteiger charge is -2.16. The highest BCUT2D eigenvalue weighted by Crippen LogP contribution is 2.38. The number of hydrogen-bond donors (Lipinski definition) is 4. The van der Waals surface area contributed by atoms with Crippen molar-refractivity contribution < 1.29 is 24.2 Å². The molecule has 0 aliphatic carbocycles. The average Bonchev–Trinajstić information content (AvgIpc) is 3.07. The zero-order chi connectivity index (χ0) is 16.6. The van der Waals surface area contributed by atoms with Crippen LogP contribution in [0.25, 0.3) is 11.2 Å². The van der Waals surface area contributed by atoms with E-state index >= 15 is 0 Å². The summed E-state index contributed by atoms with van der Waals surface area (Å²) in [7, 11) is -2.54. The summed E-state index contributed by atoms with van der Waals surface area (Å²) in [5, 5.41) is 13.1. The van der Waals surface area contributed by atoms with Crippen LogP contribution in [0.15, 0.2) is 24.5 Å². The first-order valence-electron chi connectivity index (χ1n) is 6.82. The highest BCUT2D eigenvalue weighted by atomic mass is 31.2. The quantitative estimate of drug-likeness (QED) is 0.574. The fraction of sp³-hybridized carbons (Fsp3) is 0.417. The molecule has 0 spiro atoms. The van der Waals surface area contributed by atoms with Gasteiger partial charge in [0.05, 0.1) is 12.4 Å². The van der Waals surface area contributed by atoms with Gasteiger partial charge in [0.15, 0.2) is 17.7 Å². The molecule has 3 unspecified atom stereocenters. The molecular weight excluding hydrogens is 325 g/mol. The van der Waals surface area contributed by atoms with Crippen molar-refractivity contribution in [3.8, 4) is 0 Å². The van der Waals surface area contributed by atoms with Gasteiger partial charge in [-0.2, -0.15) is 0 Å². The monoisotopic (exact) mass is 341 g/mol. The molecule has 0 radical (unpaired) electrons. The molecule has 23 heavy (non-hydrogen) atoms. The molecule has 124 valence electrons. The molecule has 0 amide bonds. The maximum atomic E-state index is 10.9. The number of nitrogens with zero attached hydrogens (tertiary/aromatic N) is 4. The number of hydrogen-bond acceptors (Lipinski definition) is 7. The Bertz CT molecular complexity index is 787. The van der Waals surface area contributed by atoms with Gasteiger partial charge in [0.25, 0.3) is 0 Å². The van der Waals surface area contributed by atoms with Gasteiger partial charge in [-0.3, -0.25) is 9.13 Å². The van der Waals surface area contributed by atoms with E-state index in [9.17, 15) is 9.67 Å². The molecule has 0 bridgehead atoms. The lowest BCUT2D eigenvalue weighted by molar-refractivity contribution is -0.0227. The summed E-state index contributed by atoms with van der Waals surface area (Å²) in [6, 6.07) is 0. The van der Waals surface area contributed by atoms with Crippen molar-refractivity contribution in [2.24, 2.45) is 0 Å². The average molecular weight is 341 g/mol. The Balaban J connectivity index is 1.88. The van der Waals surface area contributed by atoms with Crippen LogP contribution in [-0.4, -0.2) is 53.7 Å². The molecule has 1 aliphatic rings. The van der Waals surface area contributed by atoms with E-state index in [1.165, 1.54) is 18.7 Å². The third kappa shape index (κ3) is 3.26. The Kier molecular flexibility index (Phi) is 4.17. The zero-order valence-electron chi connectivity index (χ0n) is 12.1. The van der Waals surface area contributed by atoms with Crippen LogP contribution in [0.3, 0.4) is 0 Å². The van der Waals surface area contributed by atoms with Gasteiger partial charge in [0, 0.05) is 19.3 Å². The molecule has 10 nitrogen and oxygen atoms in total. The van der Waals surface area contributed by atoms with Crippen molar-refractivity contribution >= 4 is 24.6 Å². The standard InChI is InChI=1S/C12H16N5O5P/c1-13-10-9-11(15-5-14-10)17(6-16-9)12-8(18)4-7(22-12)2-3-23(19,20)21/h2-3,5-8,12,18H,4H2,1H3,(H,13,14,15)(H2,19,20,21)/b3-2+. The van der Waals surface area contributed by atoms with E-state index in [-0.39, 0.29) is 6.42 Å². The molecule has 1 fully saturated rings. The summed E-state index contributed by atoms with van der Waals surface area (Å²) in [6.07, 6.45) is 2.13. The molecule has 0 saturated carbocycles. The minimum atomic E-state index is -4.26. The number of aliphatic hydroxyl groups is 1. The van der Waals surface area contributed by atoms with E-state index in [4.69, 9.17) is 14.5 Å². The van der Waals surface area contributed by atoms with Crippen molar-refractivity contribution in [1.82, 2.24) is 19.5 Å². The third-order valence-electron chi connectivity index (χ3n) is 3.48. The second kappa shape index (κ2) is 5.99. The second-order valence-electron chi connectivity index (χ2n) is 5.10. The largest absolute Gasteiger partial charge is 0.388 e. The predicted molar refractivity (Wildman–Crippen MR) is 80.6 cm³/mol. The summed E-state index contributed by atoms with van der Waals surface area (Å²) >= 11 is 0. The highest BCUT2D eigenvalue weighted by Gasteiger charge is 2.35. The molecule has 4 N–H and O–H groups in total. The third-order valence-corrected chi connectivity index (χ3v) is 4.04. The number of ether oxygens (including phenoxy) is 1. The Morgan fingerprint density at radius 3 is 2.91 bits per heavy atom. The molecule has 2 aromatic rings. The Morgan fingerprint density at radius 1 is 1.43 bits per heavy atom. The van der Waals surface area contributed by atoms with Crippen LogP contribution in [0.5, 0.6) is 0 Å². The van der Waals surface area contributed by atoms with Crippen molar-refractivity contribution in [2.75, 3.05) is 12.4 Å². The smallest absolute Gasteiger partial charge is 0.348 e. The van der Waals surface area contributed by atoms with Crippen molar-refractivity contribution in [3.63, 3.8) is 0 Å². The lowest BCUT2D eigenvalue weighted by atomic mass is 10.2. The van der Waals surface area contributed by atoms with Crippen LogP contribution in [0, 0.1) is 0 Å².